The van der Waals surface area contributed by atoms with Crippen molar-refractivity contribution in [2.75, 3.05) is 32.8 Å². The number of likely N-dealkylation sites (tertiary alicyclic amines) is 1. The van der Waals surface area contributed by atoms with Crippen LogP contribution in [0.25, 0.3) is 0 Å². The molecule has 2 aliphatic rings. The molecule has 2 aliphatic heterocycles. The van der Waals surface area contributed by atoms with E-state index in [0.717, 1.165) is 75.5 Å². The number of carbonyl (C=O) groups excluding carboxylic acids is 1. The molecule has 2 fully saturated rings. The number of hydrogen-bond donors (Lipinski definition) is 0. The first-order valence-electron chi connectivity index (χ1n) is 10.1. The smallest absolute Gasteiger partial charge is 0.227 e. The number of rotatable bonds is 5. The Morgan fingerprint density at radius 3 is 2.54 bits per heavy atom. The first kappa shape index (κ1) is 19.4. The van der Waals surface area contributed by atoms with Crippen molar-refractivity contribution in [3.8, 4) is 0 Å². The Labute approximate surface area is 156 Å². The van der Waals surface area contributed by atoms with Gasteiger partial charge in [-0.2, -0.15) is 0 Å². The lowest BCUT2D eigenvalue weighted by atomic mass is 9.81. The van der Waals surface area contributed by atoms with Crippen LogP contribution in [0, 0.1) is 13.8 Å². The molecule has 3 rings (SSSR count). The molecule has 1 amide bonds. The highest BCUT2D eigenvalue weighted by atomic mass is 16.5. The largest absolute Gasteiger partial charge is 0.375 e. The van der Waals surface area contributed by atoms with Crippen LogP contribution in [0.3, 0.4) is 0 Å². The normalized spacial score (nSPS) is 23.0. The number of aryl methyl sites for hydroxylation is 2. The third-order valence-electron chi connectivity index (χ3n) is 6.33. The van der Waals surface area contributed by atoms with Gasteiger partial charge in [0.2, 0.25) is 5.91 Å². The Morgan fingerprint density at radius 1 is 1.27 bits per heavy atom. The molecule has 2 saturated heterocycles. The van der Waals surface area contributed by atoms with Gasteiger partial charge in [0.25, 0.3) is 0 Å². The maximum atomic E-state index is 12.7. The molecule has 1 spiro atoms. The number of piperidine rings is 1. The highest BCUT2D eigenvalue weighted by Crippen LogP contribution is 2.36. The van der Waals surface area contributed by atoms with Crippen LogP contribution in [0.5, 0.6) is 0 Å². The number of amides is 1. The van der Waals surface area contributed by atoms with Crippen molar-refractivity contribution >= 4 is 5.91 Å². The zero-order valence-corrected chi connectivity index (χ0v) is 16.7. The Kier molecular flexibility index (Phi) is 6.03. The Bertz CT molecular complexity index is 596. The van der Waals surface area contributed by atoms with Gasteiger partial charge >= 0.3 is 0 Å². The quantitative estimate of drug-likeness (QED) is 0.805. The number of aromatic nitrogens is 1. The van der Waals surface area contributed by atoms with Crippen LogP contribution in [0.4, 0.5) is 0 Å². The van der Waals surface area contributed by atoms with Gasteiger partial charge in [-0.05, 0) is 52.6 Å². The number of nitrogens with zero attached hydrogens (tertiary/aromatic N) is 3. The lowest BCUT2D eigenvalue weighted by molar-refractivity contribution is -0.148. The van der Waals surface area contributed by atoms with Crippen LogP contribution in [0.15, 0.2) is 4.52 Å². The summed E-state index contributed by atoms with van der Waals surface area (Å²) >= 11 is 0. The molecule has 146 valence electrons. The first-order valence-corrected chi connectivity index (χ1v) is 10.1. The van der Waals surface area contributed by atoms with Crippen LogP contribution in [-0.2, 0) is 16.0 Å². The van der Waals surface area contributed by atoms with Crippen LogP contribution in [0.2, 0.25) is 0 Å². The molecule has 0 aliphatic carbocycles. The summed E-state index contributed by atoms with van der Waals surface area (Å²) in [7, 11) is 0. The minimum Gasteiger partial charge on any atom is -0.375 e. The monoisotopic (exact) mass is 363 g/mol. The summed E-state index contributed by atoms with van der Waals surface area (Å²) in [5.41, 5.74) is 1.72. The molecule has 0 bridgehead atoms. The second-order valence-corrected chi connectivity index (χ2v) is 7.76. The van der Waals surface area contributed by atoms with Crippen LogP contribution >= 0.6 is 0 Å². The van der Waals surface area contributed by atoms with Crippen molar-refractivity contribution in [1.29, 1.82) is 0 Å². The van der Waals surface area contributed by atoms with Gasteiger partial charge in [0.05, 0.1) is 17.7 Å². The molecule has 0 N–H and O–H groups in total. The molecular weight excluding hydrogens is 330 g/mol. The molecule has 26 heavy (non-hydrogen) atoms. The number of hydrogen-bond acceptors (Lipinski definition) is 5. The van der Waals surface area contributed by atoms with E-state index in [9.17, 15) is 4.79 Å². The van der Waals surface area contributed by atoms with Gasteiger partial charge < -0.3 is 19.1 Å². The SMILES string of the molecule is CCN(CC)C1CCOC2(CCN(C(=O)Cc3c(C)noc3C)CC2)C1. The van der Waals surface area contributed by atoms with E-state index in [0.29, 0.717) is 12.5 Å². The topological polar surface area (TPSA) is 58.8 Å². The molecular formula is C20H33N3O3. The summed E-state index contributed by atoms with van der Waals surface area (Å²) in [5, 5.41) is 3.95. The van der Waals surface area contributed by atoms with E-state index in [2.05, 4.69) is 23.9 Å². The fraction of sp³-hybridized carbons (Fsp3) is 0.800. The molecule has 0 radical (unpaired) electrons. The van der Waals surface area contributed by atoms with Gasteiger partial charge in [0.15, 0.2) is 0 Å². The average Bonchev–Trinajstić information content (AvgIpc) is 2.95. The van der Waals surface area contributed by atoms with Crippen molar-refractivity contribution in [3.63, 3.8) is 0 Å². The second-order valence-electron chi connectivity index (χ2n) is 7.76. The minimum atomic E-state index is -0.0364. The van der Waals surface area contributed by atoms with Gasteiger partial charge in [0, 0.05) is 31.3 Å². The van der Waals surface area contributed by atoms with E-state index < -0.39 is 0 Å². The highest BCUT2D eigenvalue weighted by molar-refractivity contribution is 5.79. The van der Waals surface area contributed by atoms with E-state index >= 15 is 0 Å². The molecule has 0 aromatic carbocycles. The predicted molar refractivity (Wildman–Crippen MR) is 100 cm³/mol. The van der Waals surface area contributed by atoms with Crippen LogP contribution in [-0.4, -0.2) is 65.3 Å². The lowest BCUT2D eigenvalue weighted by Gasteiger charge is -2.48. The molecule has 6 heteroatoms. The van der Waals surface area contributed by atoms with Crippen molar-refractivity contribution in [2.45, 2.75) is 71.4 Å². The standard InChI is InChI=1S/C20H33N3O3/c1-5-22(6-2)17-7-12-25-20(14-17)8-10-23(11-9-20)19(24)13-18-15(3)21-26-16(18)4/h17H,5-14H2,1-4H3. The van der Waals surface area contributed by atoms with E-state index in [1.54, 1.807) is 0 Å². The second kappa shape index (κ2) is 8.09. The summed E-state index contributed by atoms with van der Waals surface area (Å²) in [6.45, 7) is 12.8. The molecule has 6 nitrogen and oxygen atoms in total. The average molecular weight is 364 g/mol. The minimum absolute atomic E-state index is 0.0364. The highest BCUT2D eigenvalue weighted by Gasteiger charge is 2.42. The van der Waals surface area contributed by atoms with E-state index in [1.165, 1.54) is 0 Å². The third kappa shape index (κ3) is 3.96. The van der Waals surface area contributed by atoms with Crippen molar-refractivity contribution in [3.05, 3.63) is 17.0 Å². The van der Waals surface area contributed by atoms with Crippen LogP contribution in [0.1, 0.15) is 56.5 Å². The fourth-order valence-corrected chi connectivity index (χ4v) is 4.58. The van der Waals surface area contributed by atoms with Gasteiger partial charge in [-0.1, -0.05) is 19.0 Å². The molecule has 1 aromatic rings. The van der Waals surface area contributed by atoms with E-state index in [4.69, 9.17) is 9.26 Å². The molecule has 1 aromatic heterocycles. The van der Waals surface area contributed by atoms with E-state index in [-0.39, 0.29) is 11.5 Å². The van der Waals surface area contributed by atoms with Gasteiger partial charge in [-0.3, -0.25) is 4.79 Å². The summed E-state index contributed by atoms with van der Waals surface area (Å²) in [4.78, 5) is 17.3. The van der Waals surface area contributed by atoms with Crippen molar-refractivity contribution in [1.82, 2.24) is 15.0 Å². The zero-order chi connectivity index (χ0) is 18.7. The van der Waals surface area contributed by atoms with Gasteiger partial charge in [0.1, 0.15) is 5.76 Å². The maximum absolute atomic E-state index is 12.7. The summed E-state index contributed by atoms with van der Waals surface area (Å²) in [6, 6.07) is 0.614. The fourth-order valence-electron chi connectivity index (χ4n) is 4.58. The molecule has 3 heterocycles. The molecule has 0 saturated carbocycles. The van der Waals surface area contributed by atoms with E-state index in [1.807, 2.05) is 18.7 Å². The van der Waals surface area contributed by atoms with Gasteiger partial charge in [-0.15, -0.1) is 0 Å². The molecule has 1 atom stereocenters. The summed E-state index contributed by atoms with van der Waals surface area (Å²) in [6.07, 6.45) is 4.49. The summed E-state index contributed by atoms with van der Waals surface area (Å²) in [5.74, 6) is 0.923. The Balaban J connectivity index is 1.57. The third-order valence-corrected chi connectivity index (χ3v) is 6.33. The Morgan fingerprint density at radius 2 is 1.96 bits per heavy atom. The van der Waals surface area contributed by atoms with Crippen LogP contribution < -0.4 is 0 Å². The van der Waals surface area contributed by atoms with Crippen molar-refractivity contribution in [2.24, 2.45) is 0 Å². The van der Waals surface area contributed by atoms with Gasteiger partial charge in [-0.25, -0.2) is 0 Å². The number of carbonyl (C=O) groups is 1. The van der Waals surface area contributed by atoms with Crippen molar-refractivity contribution < 1.29 is 14.1 Å². The lowest BCUT2D eigenvalue weighted by Crippen LogP contribution is -2.54. The molecule has 1 unspecified atom stereocenters. The predicted octanol–water partition coefficient (Wildman–Crippen LogP) is 2.72. The number of ether oxygens (including phenoxy) is 1. The summed E-state index contributed by atoms with van der Waals surface area (Å²) < 4.78 is 11.4. The zero-order valence-electron chi connectivity index (χ0n) is 16.7. The first-order chi connectivity index (χ1) is 12.5. The Hall–Kier alpha value is -1.40. The maximum Gasteiger partial charge on any atom is 0.227 e.